The van der Waals surface area contributed by atoms with E-state index in [0.29, 0.717) is 0 Å². The SMILES string of the molecule is Cc1ccc(-c2c(CC(=O)O)sc3nc(-c4ccc(F)cc4)cn23)cc1. The molecule has 0 aliphatic carbocycles. The maximum Gasteiger partial charge on any atom is 0.308 e. The van der Waals surface area contributed by atoms with Crippen LogP contribution in [-0.2, 0) is 11.2 Å². The van der Waals surface area contributed by atoms with E-state index in [4.69, 9.17) is 0 Å². The summed E-state index contributed by atoms with van der Waals surface area (Å²) in [6, 6.07) is 14.2. The van der Waals surface area contributed by atoms with Crippen LogP contribution in [0.25, 0.3) is 27.5 Å². The number of aryl methyl sites for hydroxylation is 1. The van der Waals surface area contributed by atoms with E-state index in [1.165, 1.54) is 23.5 Å². The minimum atomic E-state index is -0.873. The molecule has 4 nitrogen and oxygen atoms in total. The molecule has 4 aromatic rings. The van der Waals surface area contributed by atoms with Crippen molar-refractivity contribution in [2.45, 2.75) is 13.3 Å². The predicted molar refractivity (Wildman–Crippen MR) is 100.0 cm³/mol. The van der Waals surface area contributed by atoms with Crippen molar-refractivity contribution in [3.8, 4) is 22.5 Å². The molecule has 0 spiro atoms. The Kier molecular flexibility index (Phi) is 4.05. The summed E-state index contributed by atoms with van der Waals surface area (Å²) in [6.45, 7) is 2.01. The number of benzene rings is 2. The summed E-state index contributed by atoms with van der Waals surface area (Å²) in [5.41, 5.74) is 4.47. The number of fused-ring (bicyclic) bond motifs is 1. The van der Waals surface area contributed by atoms with Crippen LogP contribution >= 0.6 is 11.3 Å². The van der Waals surface area contributed by atoms with E-state index >= 15 is 0 Å². The lowest BCUT2D eigenvalue weighted by Gasteiger charge is -2.04. The molecule has 0 saturated carbocycles. The van der Waals surface area contributed by atoms with Crippen LogP contribution in [0.2, 0.25) is 0 Å². The number of hydrogen-bond acceptors (Lipinski definition) is 3. The average molecular weight is 366 g/mol. The van der Waals surface area contributed by atoms with Crippen molar-refractivity contribution in [2.75, 3.05) is 0 Å². The Bertz CT molecular complexity index is 1100. The third-order valence-corrected chi connectivity index (χ3v) is 5.22. The van der Waals surface area contributed by atoms with Crippen LogP contribution in [0.4, 0.5) is 4.39 Å². The van der Waals surface area contributed by atoms with Gasteiger partial charge in [0.1, 0.15) is 5.82 Å². The summed E-state index contributed by atoms with van der Waals surface area (Å²) in [6.07, 6.45) is 1.82. The van der Waals surface area contributed by atoms with E-state index in [1.54, 1.807) is 12.1 Å². The maximum atomic E-state index is 13.2. The van der Waals surface area contributed by atoms with Gasteiger partial charge in [0, 0.05) is 16.6 Å². The van der Waals surface area contributed by atoms with E-state index in [2.05, 4.69) is 4.98 Å². The molecule has 0 unspecified atom stereocenters. The highest BCUT2D eigenvalue weighted by atomic mass is 32.1. The molecule has 0 atom stereocenters. The van der Waals surface area contributed by atoms with Crippen molar-refractivity contribution in [3.63, 3.8) is 0 Å². The van der Waals surface area contributed by atoms with Gasteiger partial charge in [-0.25, -0.2) is 9.37 Å². The molecule has 0 aliphatic rings. The number of carboxylic acids is 1. The van der Waals surface area contributed by atoms with Gasteiger partial charge in [0.2, 0.25) is 0 Å². The lowest BCUT2D eigenvalue weighted by molar-refractivity contribution is -0.136. The Morgan fingerprint density at radius 1 is 1.12 bits per heavy atom. The summed E-state index contributed by atoms with van der Waals surface area (Å²) in [7, 11) is 0. The first-order valence-corrected chi connectivity index (χ1v) is 8.88. The highest BCUT2D eigenvalue weighted by molar-refractivity contribution is 7.17. The van der Waals surface area contributed by atoms with Gasteiger partial charge >= 0.3 is 5.97 Å². The Morgan fingerprint density at radius 2 is 1.77 bits per heavy atom. The minimum Gasteiger partial charge on any atom is -0.481 e. The lowest BCUT2D eigenvalue weighted by atomic mass is 10.1. The number of aliphatic carboxylic acids is 1. The topological polar surface area (TPSA) is 54.6 Å². The van der Waals surface area contributed by atoms with Gasteiger partial charge in [0.05, 0.1) is 17.8 Å². The number of carboxylic acid groups (broad SMARTS) is 1. The van der Waals surface area contributed by atoms with Gasteiger partial charge in [0.25, 0.3) is 0 Å². The second-order valence-electron chi connectivity index (χ2n) is 6.10. The second-order valence-corrected chi connectivity index (χ2v) is 7.16. The first-order chi connectivity index (χ1) is 12.5. The van der Waals surface area contributed by atoms with E-state index < -0.39 is 5.97 Å². The zero-order valence-electron chi connectivity index (χ0n) is 13.9. The molecule has 1 N–H and O–H groups in total. The first kappa shape index (κ1) is 16.5. The second kappa shape index (κ2) is 6.38. The Morgan fingerprint density at radius 3 is 2.42 bits per heavy atom. The third kappa shape index (κ3) is 2.99. The number of nitrogens with zero attached hydrogens (tertiary/aromatic N) is 2. The molecule has 0 saturated heterocycles. The molecule has 0 bridgehead atoms. The number of hydrogen-bond donors (Lipinski definition) is 1. The molecular formula is C20H15FN2O2S. The highest BCUT2D eigenvalue weighted by Crippen LogP contribution is 2.34. The third-order valence-electron chi connectivity index (χ3n) is 4.17. The van der Waals surface area contributed by atoms with Crippen molar-refractivity contribution >= 4 is 22.3 Å². The normalized spacial score (nSPS) is 11.2. The molecule has 0 amide bonds. The van der Waals surface area contributed by atoms with Crippen LogP contribution in [0.1, 0.15) is 10.4 Å². The van der Waals surface area contributed by atoms with Crippen molar-refractivity contribution in [1.29, 1.82) is 0 Å². The molecule has 0 fully saturated rings. The largest absolute Gasteiger partial charge is 0.481 e. The molecule has 26 heavy (non-hydrogen) atoms. The van der Waals surface area contributed by atoms with Gasteiger partial charge in [-0.15, -0.1) is 11.3 Å². The van der Waals surface area contributed by atoms with Crippen LogP contribution in [0.5, 0.6) is 0 Å². The zero-order chi connectivity index (χ0) is 18.3. The zero-order valence-corrected chi connectivity index (χ0v) is 14.8. The van der Waals surface area contributed by atoms with Crippen molar-refractivity contribution in [1.82, 2.24) is 9.38 Å². The van der Waals surface area contributed by atoms with E-state index in [1.807, 2.05) is 41.8 Å². The van der Waals surface area contributed by atoms with Gasteiger partial charge in [0.15, 0.2) is 4.96 Å². The number of aromatic nitrogens is 2. The van der Waals surface area contributed by atoms with Crippen LogP contribution in [-0.4, -0.2) is 20.5 Å². The van der Waals surface area contributed by atoms with E-state index in [0.717, 1.165) is 37.9 Å². The summed E-state index contributed by atoms with van der Waals surface area (Å²) in [5.74, 6) is -1.17. The smallest absolute Gasteiger partial charge is 0.308 e. The van der Waals surface area contributed by atoms with Crippen LogP contribution < -0.4 is 0 Å². The minimum absolute atomic E-state index is 0.0525. The molecule has 6 heteroatoms. The van der Waals surface area contributed by atoms with Gasteiger partial charge in [-0.3, -0.25) is 9.20 Å². The molecular weight excluding hydrogens is 351 g/mol. The van der Waals surface area contributed by atoms with Crippen LogP contribution in [0, 0.1) is 12.7 Å². The number of carbonyl (C=O) groups is 1. The van der Waals surface area contributed by atoms with Gasteiger partial charge < -0.3 is 5.11 Å². The molecule has 0 aliphatic heterocycles. The lowest BCUT2D eigenvalue weighted by Crippen LogP contribution is -2.00. The monoisotopic (exact) mass is 366 g/mol. The summed E-state index contributed by atoms with van der Waals surface area (Å²) < 4.78 is 15.1. The van der Waals surface area contributed by atoms with Gasteiger partial charge in [-0.2, -0.15) is 0 Å². The van der Waals surface area contributed by atoms with Crippen LogP contribution in [0.15, 0.2) is 54.7 Å². The fourth-order valence-corrected chi connectivity index (χ4v) is 4.03. The Balaban J connectivity index is 1.89. The first-order valence-electron chi connectivity index (χ1n) is 8.07. The molecule has 4 rings (SSSR count). The molecule has 2 aromatic carbocycles. The van der Waals surface area contributed by atoms with Gasteiger partial charge in [-0.1, -0.05) is 29.8 Å². The molecule has 130 valence electrons. The number of imidazole rings is 1. The quantitative estimate of drug-likeness (QED) is 0.564. The standard InChI is InChI=1S/C20H15FN2O2S/c1-12-2-4-14(5-3-12)19-17(10-18(24)25)26-20-22-16(11-23(19)20)13-6-8-15(21)9-7-13/h2-9,11H,10H2,1H3,(H,24,25). The fraction of sp³-hybridized carbons (Fsp3) is 0.100. The van der Waals surface area contributed by atoms with E-state index in [-0.39, 0.29) is 12.2 Å². The predicted octanol–water partition coefficient (Wildman–Crippen LogP) is 4.80. The highest BCUT2D eigenvalue weighted by Gasteiger charge is 2.19. The summed E-state index contributed by atoms with van der Waals surface area (Å²) >= 11 is 1.37. The summed E-state index contributed by atoms with van der Waals surface area (Å²) in [4.78, 5) is 17.4. The van der Waals surface area contributed by atoms with Crippen molar-refractivity contribution < 1.29 is 14.3 Å². The molecule has 2 aromatic heterocycles. The number of rotatable bonds is 4. The van der Waals surface area contributed by atoms with Crippen molar-refractivity contribution in [2.24, 2.45) is 0 Å². The average Bonchev–Trinajstić information content (AvgIpc) is 3.13. The van der Waals surface area contributed by atoms with Gasteiger partial charge in [-0.05, 0) is 36.8 Å². The molecule has 0 radical (unpaired) electrons. The van der Waals surface area contributed by atoms with Crippen LogP contribution in [0.3, 0.4) is 0 Å². The molecule has 2 heterocycles. The number of thiazole rings is 1. The Hall–Kier alpha value is -2.99. The fourth-order valence-electron chi connectivity index (χ4n) is 2.92. The van der Waals surface area contributed by atoms with Crippen molar-refractivity contribution in [3.05, 3.63) is 71.0 Å². The number of halogens is 1. The summed E-state index contributed by atoms with van der Waals surface area (Å²) in [5, 5.41) is 9.25. The van der Waals surface area contributed by atoms with E-state index in [9.17, 15) is 14.3 Å². The Labute approximate surface area is 153 Å². The maximum absolute atomic E-state index is 13.2.